The summed E-state index contributed by atoms with van der Waals surface area (Å²) in [6, 6.07) is 15.7. The maximum absolute atomic E-state index is 12.6. The quantitative estimate of drug-likeness (QED) is 0.300. The Balaban J connectivity index is 1.50. The monoisotopic (exact) mass is 499 g/mol. The van der Waals surface area contributed by atoms with Crippen LogP contribution in [0.25, 0.3) is 22.6 Å². The predicted molar refractivity (Wildman–Crippen MR) is 135 cm³/mol. The molecule has 0 saturated heterocycles. The van der Waals surface area contributed by atoms with Gasteiger partial charge in [-0.15, -0.1) is 0 Å². The number of oxazole rings is 1. The number of nitrogens with one attached hydrogen (secondary N) is 2. The van der Waals surface area contributed by atoms with E-state index in [9.17, 15) is 4.79 Å². The maximum atomic E-state index is 12.6. The first-order valence-electron chi connectivity index (χ1n) is 10.1. The van der Waals surface area contributed by atoms with Crippen LogP contribution in [0.3, 0.4) is 0 Å². The van der Waals surface area contributed by atoms with Gasteiger partial charge in [-0.2, -0.15) is 0 Å². The molecule has 2 N–H and O–H groups in total. The maximum Gasteiger partial charge on any atom is 0.257 e. The van der Waals surface area contributed by atoms with Gasteiger partial charge in [0.05, 0.1) is 11.6 Å². The number of carbonyl (C=O) groups excluding carboxylic acids is 1. The van der Waals surface area contributed by atoms with Gasteiger partial charge in [-0.05, 0) is 80.2 Å². The molecule has 0 aliphatic rings. The van der Waals surface area contributed by atoms with Gasteiger partial charge in [0.15, 0.2) is 10.7 Å². The lowest BCUT2D eigenvalue weighted by atomic mass is 10.1. The van der Waals surface area contributed by atoms with Crippen LogP contribution < -0.4 is 15.4 Å². The Kier molecular flexibility index (Phi) is 6.83. The molecule has 3 aromatic carbocycles. The molecule has 1 aromatic heterocycles. The van der Waals surface area contributed by atoms with Gasteiger partial charge in [0.2, 0.25) is 5.89 Å². The zero-order chi connectivity index (χ0) is 23.5. The van der Waals surface area contributed by atoms with Crippen molar-refractivity contribution in [2.45, 2.75) is 13.8 Å². The number of carbonyl (C=O) groups is 1. The Morgan fingerprint density at radius 2 is 1.97 bits per heavy atom. The van der Waals surface area contributed by atoms with Crippen LogP contribution in [0, 0.1) is 6.92 Å². The minimum absolute atomic E-state index is 0.148. The van der Waals surface area contributed by atoms with Crippen molar-refractivity contribution in [3.8, 4) is 17.2 Å². The lowest BCUT2D eigenvalue weighted by Crippen LogP contribution is -2.34. The number of thiocarbonyl (C=S) groups is 1. The van der Waals surface area contributed by atoms with Crippen molar-refractivity contribution in [2.75, 3.05) is 11.9 Å². The first-order valence-corrected chi connectivity index (χ1v) is 11.2. The number of fused-ring (bicyclic) bond motifs is 1. The van der Waals surface area contributed by atoms with Crippen LogP contribution >= 0.6 is 35.4 Å². The fourth-order valence-corrected chi connectivity index (χ4v) is 3.87. The van der Waals surface area contributed by atoms with E-state index in [1.54, 1.807) is 30.3 Å². The highest BCUT2D eigenvalue weighted by atomic mass is 35.5. The number of ether oxygens (including phenoxy) is 1. The normalized spacial score (nSPS) is 10.8. The summed E-state index contributed by atoms with van der Waals surface area (Å²) in [5.41, 5.74) is 4.04. The van der Waals surface area contributed by atoms with Crippen molar-refractivity contribution < 1.29 is 13.9 Å². The summed E-state index contributed by atoms with van der Waals surface area (Å²) in [4.78, 5) is 17.1. The molecule has 1 heterocycles. The molecular weight excluding hydrogens is 481 g/mol. The molecule has 0 fully saturated rings. The highest BCUT2D eigenvalue weighted by molar-refractivity contribution is 7.80. The molecule has 6 nitrogen and oxygen atoms in total. The van der Waals surface area contributed by atoms with Gasteiger partial charge in [0, 0.05) is 21.8 Å². The van der Waals surface area contributed by atoms with Crippen LogP contribution in [-0.4, -0.2) is 22.6 Å². The molecule has 4 rings (SSSR count). The van der Waals surface area contributed by atoms with E-state index in [0.29, 0.717) is 50.6 Å². The van der Waals surface area contributed by atoms with Crippen molar-refractivity contribution in [1.29, 1.82) is 0 Å². The van der Waals surface area contributed by atoms with E-state index in [4.69, 9.17) is 44.6 Å². The van der Waals surface area contributed by atoms with E-state index < -0.39 is 0 Å². The smallest absolute Gasteiger partial charge is 0.257 e. The third-order valence-electron chi connectivity index (χ3n) is 4.88. The first kappa shape index (κ1) is 23.0. The number of rotatable bonds is 5. The van der Waals surface area contributed by atoms with Gasteiger partial charge in [0.1, 0.15) is 11.3 Å². The molecule has 1 amide bonds. The molecule has 0 radical (unpaired) electrons. The minimum Gasteiger partial charge on any atom is -0.492 e. The van der Waals surface area contributed by atoms with E-state index in [-0.39, 0.29) is 11.0 Å². The minimum atomic E-state index is -0.387. The third kappa shape index (κ3) is 5.11. The molecule has 168 valence electrons. The van der Waals surface area contributed by atoms with Crippen LogP contribution in [0.5, 0.6) is 5.75 Å². The molecule has 33 heavy (non-hydrogen) atoms. The van der Waals surface area contributed by atoms with Gasteiger partial charge in [-0.1, -0.05) is 29.3 Å². The summed E-state index contributed by atoms with van der Waals surface area (Å²) in [6.45, 7) is 4.25. The van der Waals surface area contributed by atoms with Gasteiger partial charge >= 0.3 is 0 Å². The van der Waals surface area contributed by atoms with E-state index in [1.165, 1.54) is 6.07 Å². The number of benzene rings is 3. The number of halogens is 2. The second-order valence-corrected chi connectivity index (χ2v) is 8.35. The molecule has 0 aliphatic carbocycles. The van der Waals surface area contributed by atoms with Gasteiger partial charge in [-0.25, -0.2) is 4.98 Å². The number of hydrogen-bond acceptors (Lipinski definition) is 5. The van der Waals surface area contributed by atoms with Gasteiger partial charge < -0.3 is 14.5 Å². The topological polar surface area (TPSA) is 76.4 Å². The predicted octanol–water partition coefficient (Wildman–Crippen LogP) is 6.64. The standard InChI is InChI=1S/C24H19Cl2N3O3S/c1-3-31-20-9-7-14(11-17(20)26)22(30)29-24(33)28-18-6-4-5-16(13(18)2)23-27-19-12-15(25)8-10-21(19)32-23/h4-12H,3H2,1-2H3,(H2,28,29,30,33). The van der Waals surface area contributed by atoms with E-state index >= 15 is 0 Å². The second-order valence-electron chi connectivity index (χ2n) is 7.10. The lowest BCUT2D eigenvalue weighted by molar-refractivity contribution is 0.0977. The molecule has 0 unspecified atom stereocenters. The van der Waals surface area contributed by atoms with E-state index in [2.05, 4.69) is 15.6 Å². The molecule has 0 atom stereocenters. The summed E-state index contributed by atoms with van der Waals surface area (Å²) in [5.74, 6) is 0.597. The van der Waals surface area contributed by atoms with Crippen LogP contribution in [0.4, 0.5) is 5.69 Å². The Labute approximate surface area is 205 Å². The average molecular weight is 500 g/mol. The molecule has 4 aromatic rings. The van der Waals surface area contributed by atoms with Gasteiger partial charge in [0.25, 0.3) is 5.91 Å². The zero-order valence-electron chi connectivity index (χ0n) is 17.7. The summed E-state index contributed by atoms with van der Waals surface area (Å²) in [5, 5.41) is 6.82. The highest BCUT2D eigenvalue weighted by Gasteiger charge is 2.15. The van der Waals surface area contributed by atoms with Crippen molar-refractivity contribution in [3.05, 3.63) is 75.8 Å². The first-order chi connectivity index (χ1) is 15.9. The largest absolute Gasteiger partial charge is 0.492 e. The SMILES string of the molecule is CCOc1ccc(C(=O)NC(=S)Nc2cccc(-c3nc4cc(Cl)ccc4o3)c2C)cc1Cl. The number of aromatic nitrogens is 1. The van der Waals surface area contributed by atoms with Crippen molar-refractivity contribution >= 4 is 63.2 Å². The molecule has 9 heteroatoms. The van der Waals surface area contributed by atoms with Crippen molar-refractivity contribution in [3.63, 3.8) is 0 Å². The second kappa shape index (κ2) is 9.79. The Morgan fingerprint density at radius 3 is 2.73 bits per heavy atom. The fourth-order valence-electron chi connectivity index (χ4n) is 3.26. The average Bonchev–Trinajstić information content (AvgIpc) is 3.19. The number of nitrogens with zero attached hydrogens (tertiary/aromatic N) is 1. The molecule has 0 aliphatic heterocycles. The molecular formula is C24H19Cl2N3O3S. The molecule has 0 saturated carbocycles. The summed E-state index contributed by atoms with van der Waals surface area (Å²) >= 11 is 17.6. The Morgan fingerprint density at radius 1 is 1.15 bits per heavy atom. The molecule has 0 spiro atoms. The lowest BCUT2D eigenvalue weighted by Gasteiger charge is -2.14. The fraction of sp³-hybridized carbons (Fsp3) is 0.125. The number of hydrogen-bond donors (Lipinski definition) is 2. The number of anilines is 1. The van der Waals surface area contributed by atoms with Crippen molar-refractivity contribution in [1.82, 2.24) is 10.3 Å². The third-order valence-corrected chi connectivity index (χ3v) is 5.62. The van der Waals surface area contributed by atoms with Crippen molar-refractivity contribution in [2.24, 2.45) is 0 Å². The highest BCUT2D eigenvalue weighted by Crippen LogP contribution is 2.31. The Bertz CT molecular complexity index is 1370. The van der Waals surface area contributed by atoms with Crippen LogP contribution in [0.2, 0.25) is 10.0 Å². The Hall–Kier alpha value is -3.13. The van der Waals surface area contributed by atoms with Crippen LogP contribution in [0.15, 0.2) is 59.0 Å². The summed E-state index contributed by atoms with van der Waals surface area (Å²) in [7, 11) is 0. The molecule has 0 bridgehead atoms. The number of amides is 1. The van der Waals surface area contributed by atoms with Crippen LogP contribution in [-0.2, 0) is 0 Å². The van der Waals surface area contributed by atoms with E-state index in [0.717, 1.165) is 11.1 Å². The van der Waals surface area contributed by atoms with E-state index in [1.807, 2.05) is 32.0 Å². The summed E-state index contributed by atoms with van der Waals surface area (Å²) in [6.07, 6.45) is 0. The van der Waals surface area contributed by atoms with Gasteiger partial charge in [-0.3, -0.25) is 10.1 Å². The van der Waals surface area contributed by atoms with Crippen LogP contribution in [0.1, 0.15) is 22.8 Å². The zero-order valence-corrected chi connectivity index (χ0v) is 20.1. The summed E-state index contributed by atoms with van der Waals surface area (Å²) < 4.78 is 11.3.